The molecule has 2 aromatic rings. The molecular formula is C19H25F3N4O2S. The van der Waals surface area contributed by atoms with Gasteiger partial charge in [0.05, 0.1) is 13.2 Å². The van der Waals surface area contributed by atoms with Crippen LogP contribution in [0.5, 0.6) is 5.75 Å². The van der Waals surface area contributed by atoms with Gasteiger partial charge in [-0.2, -0.15) is 13.2 Å². The van der Waals surface area contributed by atoms with Crippen LogP contribution in [-0.4, -0.2) is 53.9 Å². The first kappa shape index (κ1) is 21.8. The van der Waals surface area contributed by atoms with Gasteiger partial charge < -0.3 is 14.4 Å². The highest BCUT2D eigenvalue weighted by molar-refractivity contribution is 7.98. The van der Waals surface area contributed by atoms with Crippen LogP contribution in [0, 0.1) is 5.92 Å². The number of benzene rings is 1. The molecule has 1 fully saturated rings. The van der Waals surface area contributed by atoms with Gasteiger partial charge in [0.25, 0.3) is 0 Å². The van der Waals surface area contributed by atoms with E-state index in [-0.39, 0.29) is 5.75 Å². The maximum atomic E-state index is 12.4. The Bertz CT molecular complexity index is 792. The van der Waals surface area contributed by atoms with E-state index in [1.165, 1.54) is 17.8 Å². The topological polar surface area (TPSA) is 52.4 Å². The van der Waals surface area contributed by atoms with E-state index in [4.69, 9.17) is 9.47 Å². The summed E-state index contributed by atoms with van der Waals surface area (Å²) in [7, 11) is 0. The Morgan fingerprint density at radius 1 is 1.21 bits per heavy atom. The van der Waals surface area contributed by atoms with Gasteiger partial charge in [-0.1, -0.05) is 37.7 Å². The van der Waals surface area contributed by atoms with Gasteiger partial charge in [0.1, 0.15) is 5.75 Å². The van der Waals surface area contributed by atoms with Crippen LogP contribution in [0.15, 0.2) is 29.4 Å². The van der Waals surface area contributed by atoms with Crippen LogP contribution in [0.1, 0.15) is 19.4 Å². The van der Waals surface area contributed by atoms with Gasteiger partial charge in [-0.15, -0.1) is 10.2 Å². The number of ether oxygens (including phenoxy) is 2. The SMILES string of the molecule is CC(C)Cn1c(SCc2cccc(OCC(F)(F)F)c2)nnc1N1CCOCC1. The smallest absolute Gasteiger partial charge is 0.422 e. The van der Waals surface area contributed by atoms with Crippen LogP contribution in [0.25, 0.3) is 0 Å². The van der Waals surface area contributed by atoms with Gasteiger partial charge in [0, 0.05) is 25.4 Å². The van der Waals surface area contributed by atoms with Crippen LogP contribution in [0.3, 0.4) is 0 Å². The molecule has 0 unspecified atom stereocenters. The van der Waals surface area contributed by atoms with Crippen molar-refractivity contribution >= 4 is 17.7 Å². The van der Waals surface area contributed by atoms with Gasteiger partial charge >= 0.3 is 6.18 Å². The molecule has 1 aliphatic rings. The molecule has 0 N–H and O–H groups in total. The predicted molar refractivity (Wildman–Crippen MR) is 105 cm³/mol. The largest absolute Gasteiger partial charge is 0.484 e. The van der Waals surface area contributed by atoms with Gasteiger partial charge in [-0.25, -0.2) is 0 Å². The number of hydrogen-bond donors (Lipinski definition) is 0. The zero-order valence-corrected chi connectivity index (χ0v) is 17.3. The summed E-state index contributed by atoms with van der Waals surface area (Å²) in [5, 5.41) is 9.55. The first-order chi connectivity index (χ1) is 13.8. The fourth-order valence-corrected chi connectivity index (χ4v) is 3.83. The van der Waals surface area contributed by atoms with Crippen molar-refractivity contribution in [1.29, 1.82) is 0 Å². The number of hydrogen-bond acceptors (Lipinski definition) is 6. The molecule has 1 aromatic carbocycles. The maximum Gasteiger partial charge on any atom is 0.422 e. The number of thioether (sulfide) groups is 1. The molecule has 3 rings (SSSR count). The number of aromatic nitrogens is 3. The van der Waals surface area contributed by atoms with Crippen LogP contribution < -0.4 is 9.64 Å². The molecule has 1 saturated heterocycles. The Morgan fingerprint density at radius 2 is 1.97 bits per heavy atom. The summed E-state index contributed by atoms with van der Waals surface area (Å²) in [6.07, 6.45) is -4.35. The molecule has 0 saturated carbocycles. The van der Waals surface area contributed by atoms with Crippen molar-refractivity contribution in [1.82, 2.24) is 14.8 Å². The summed E-state index contributed by atoms with van der Waals surface area (Å²) in [6.45, 7) is 6.66. The van der Waals surface area contributed by atoms with E-state index >= 15 is 0 Å². The average molecular weight is 430 g/mol. The van der Waals surface area contributed by atoms with Crippen molar-refractivity contribution in [2.75, 3.05) is 37.8 Å². The van der Waals surface area contributed by atoms with Crippen LogP contribution in [0.2, 0.25) is 0 Å². The third kappa shape index (κ3) is 6.53. The van der Waals surface area contributed by atoms with Gasteiger partial charge in [-0.05, 0) is 23.6 Å². The molecule has 6 nitrogen and oxygen atoms in total. The molecule has 29 heavy (non-hydrogen) atoms. The van der Waals surface area contributed by atoms with E-state index in [2.05, 4.69) is 33.5 Å². The van der Waals surface area contributed by atoms with Crippen molar-refractivity contribution in [3.8, 4) is 5.75 Å². The molecule has 0 aliphatic carbocycles. The Labute approximate surface area is 172 Å². The zero-order chi connectivity index (χ0) is 20.9. The standard InChI is InChI=1S/C19H25F3N4O2S/c1-14(2)11-26-17(25-6-8-27-9-7-25)23-24-18(26)29-12-15-4-3-5-16(10-15)28-13-19(20,21)22/h3-5,10,14H,6-9,11-13H2,1-2H3. The normalized spacial score (nSPS) is 15.2. The maximum absolute atomic E-state index is 12.4. The van der Waals surface area contributed by atoms with Crippen LogP contribution in [0.4, 0.5) is 19.1 Å². The summed E-state index contributed by atoms with van der Waals surface area (Å²) in [4.78, 5) is 2.18. The van der Waals surface area contributed by atoms with Gasteiger partial charge in [-0.3, -0.25) is 4.57 Å². The molecule has 0 atom stereocenters. The molecule has 10 heteroatoms. The average Bonchev–Trinajstić information content (AvgIpc) is 3.07. The zero-order valence-electron chi connectivity index (χ0n) is 16.5. The number of halogens is 3. The van der Waals surface area contributed by atoms with Crippen molar-refractivity contribution in [2.24, 2.45) is 5.92 Å². The quantitative estimate of drug-likeness (QED) is 0.590. The van der Waals surface area contributed by atoms with E-state index in [1.54, 1.807) is 12.1 Å². The Hall–Kier alpha value is -1.94. The highest BCUT2D eigenvalue weighted by Gasteiger charge is 2.28. The second-order valence-electron chi connectivity index (χ2n) is 7.23. The summed E-state index contributed by atoms with van der Waals surface area (Å²) in [6, 6.07) is 6.71. The molecule has 0 bridgehead atoms. The second kappa shape index (κ2) is 9.71. The number of anilines is 1. The second-order valence-corrected chi connectivity index (χ2v) is 8.17. The third-order valence-corrected chi connectivity index (χ3v) is 5.25. The molecule has 0 spiro atoms. The third-order valence-electron chi connectivity index (χ3n) is 4.21. The van der Waals surface area contributed by atoms with Crippen molar-refractivity contribution in [3.05, 3.63) is 29.8 Å². The lowest BCUT2D eigenvalue weighted by Crippen LogP contribution is -2.38. The summed E-state index contributed by atoms with van der Waals surface area (Å²) >= 11 is 1.51. The van der Waals surface area contributed by atoms with E-state index in [0.29, 0.717) is 24.9 Å². The Kier molecular flexibility index (Phi) is 7.28. The molecular weight excluding hydrogens is 405 g/mol. The lowest BCUT2D eigenvalue weighted by Gasteiger charge is -2.28. The van der Waals surface area contributed by atoms with E-state index in [1.807, 2.05) is 6.07 Å². The van der Waals surface area contributed by atoms with Crippen molar-refractivity contribution in [2.45, 2.75) is 37.5 Å². The van der Waals surface area contributed by atoms with E-state index < -0.39 is 12.8 Å². The molecule has 0 amide bonds. The summed E-state index contributed by atoms with van der Waals surface area (Å²) in [5.41, 5.74) is 0.863. The van der Waals surface area contributed by atoms with Crippen LogP contribution in [-0.2, 0) is 17.0 Å². The highest BCUT2D eigenvalue weighted by atomic mass is 32.2. The first-order valence-electron chi connectivity index (χ1n) is 9.49. The molecule has 160 valence electrons. The summed E-state index contributed by atoms with van der Waals surface area (Å²) in [5.74, 6) is 2.02. The van der Waals surface area contributed by atoms with E-state index in [9.17, 15) is 13.2 Å². The first-order valence-corrected chi connectivity index (χ1v) is 10.5. The minimum Gasteiger partial charge on any atom is -0.484 e. The van der Waals surface area contributed by atoms with Gasteiger partial charge in [0.2, 0.25) is 5.95 Å². The van der Waals surface area contributed by atoms with Gasteiger partial charge in [0.15, 0.2) is 11.8 Å². The Balaban J connectivity index is 1.69. The fraction of sp³-hybridized carbons (Fsp3) is 0.579. The molecule has 1 aromatic heterocycles. The number of nitrogens with zero attached hydrogens (tertiary/aromatic N) is 4. The predicted octanol–water partition coefficient (Wildman–Crippen LogP) is 4.00. The van der Waals surface area contributed by atoms with Crippen molar-refractivity contribution in [3.63, 3.8) is 0 Å². The summed E-state index contributed by atoms with van der Waals surface area (Å²) < 4.78 is 49.4. The minimum atomic E-state index is -4.35. The minimum absolute atomic E-state index is 0.207. The molecule has 1 aliphatic heterocycles. The highest BCUT2D eigenvalue weighted by Crippen LogP contribution is 2.28. The number of rotatable bonds is 8. The van der Waals surface area contributed by atoms with Crippen molar-refractivity contribution < 1.29 is 22.6 Å². The van der Waals surface area contributed by atoms with Crippen LogP contribution >= 0.6 is 11.8 Å². The lowest BCUT2D eigenvalue weighted by atomic mass is 10.2. The number of morpholine rings is 1. The lowest BCUT2D eigenvalue weighted by molar-refractivity contribution is -0.153. The fourth-order valence-electron chi connectivity index (χ4n) is 2.95. The Morgan fingerprint density at radius 3 is 2.66 bits per heavy atom. The molecule has 0 radical (unpaired) electrons. The molecule has 2 heterocycles. The number of alkyl halides is 3. The monoisotopic (exact) mass is 430 g/mol. The van der Waals surface area contributed by atoms with E-state index in [0.717, 1.165) is 36.3 Å².